The van der Waals surface area contributed by atoms with Gasteiger partial charge in [0.1, 0.15) is 0 Å². The summed E-state index contributed by atoms with van der Waals surface area (Å²) >= 11 is 0. The topological polar surface area (TPSA) is 52.6 Å². The highest BCUT2D eigenvalue weighted by molar-refractivity contribution is 5.79. The highest BCUT2D eigenvalue weighted by atomic mass is 16.2. The van der Waals surface area contributed by atoms with Gasteiger partial charge in [0.15, 0.2) is 0 Å². The Bertz CT molecular complexity index is 752. The SMILES string of the molecule is Cc1ccc(CN(C(=O)CN2CCN(c3ncccn3)CC2)C2CC2)cc1. The first-order valence-corrected chi connectivity index (χ1v) is 9.78. The van der Waals surface area contributed by atoms with Gasteiger partial charge < -0.3 is 9.80 Å². The van der Waals surface area contributed by atoms with Crippen LogP contribution in [0.25, 0.3) is 0 Å². The van der Waals surface area contributed by atoms with Crippen LogP contribution in [0.4, 0.5) is 5.95 Å². The average Bonchev–Trinajstić information content (AvgIpc) is 3.54. The minimum atomic E-state index is 0.252. The highest BCUT2D eigenvalue weighted by Gasteiger charge is 2.33. The fraction of sp³-hybridized carbons (Fsp3) is 0.476. The zero-order valence-corrected chi connectivity index (χ0v) is 15.9. The predicted octanol–water partition coefficient (Wildman–Crippen LogP) is 2.10. The summed E-state index contributed by atoms with van der Waals surface area (Å²) in [5.74, 6) is 1.03. The fourth-order valence-corrected chi connectivity index (χ4v) is 3.54. The molecule has 2 fully saturated rings. The molecular weight excluding hydrogens is 338 g/mol. The van der Waals surface area contributed by atoms with E-state index < -0.39 is 0 Å². The summed E-state index contributed by atoms with van der Waals surface area (Å²) in [6.07, 6.45) is 5.82. The first-order chi connectivity index (χ1) is 13.2. The molecule has 6 heteroatoms. The number of aryl methyl sites for hydroxylation is 1. The Balaban J connectivity index is 1.31. The fourth-order valence-electron chi connectivity index (χ4n) is 3.54. The van der Waals surface area contributed by atoms with E-state index in [1.54, 1.807) is 12.4 Å². The molecule has 0 atom stereocenters. The lowest BCUT2D eigenvalue weighted by Crippen LogP contribution is -2.50. The molecular formula is C21H27N5O. The van der Waals surface area contributed by atoms with Gasteiger partial charge in [0.2, 0.25) is 11.9 Å². The first kappa shape index (κ1) is 17.9. The number of carbonyl (C=O) groups is 1. The molecule has 2 heterocycles. The van der Waals surface area contributed by atoms with Crippen LogP contribution in [-0.4, -0.2) is 64.4 Å². The minimum Gasteiger partial charge on any atom is -0.338 e. The molecule has 0 bridgehead atoms. The second-order valence-corrected chi connectivity index (χ2v) is 7.55. The van der Waals surface area contributed by atoms with E-state index in [2.05, 4.69) is 55.9 Å². The number of anilines is 1. The van der Waals surface area contributed by atoms with Crippen LogP contribution in [0, 0.1) is 6.92 Å². The Morgan fingerprint density at radius 1 is 1.07 bits per heavy atom. The van der Waals surface area contributed by atoms with Crippen molar-refractivity contribution in [2.24, 2.45) is 0 Å². The van der Waals surface area contributed by atoms with Crippen LogP contribution in [0.2, 0.25) is 0 Å². The standard InChI is InChI=1S/C21H27N5O/c1-17-3-5-18(6-4-17)15-26(19-7-8-19)20(27)16-24-11-13-25(14-12-24)21-22-9-2-10-23-21/h2-6,9-10,19H,7-8,11-16H2,1H3. The molecule has 2 aliphatic rings. The molecule has 1 saturated carbocycles. The molecule has 1 aliphatic heterocycles. The molecule has 0 spiro atoms. The number of nitrogens with zero attached hydrogens (tertiary/aromatic N) is 5. The van der Waals surface area contributed by atoms with Gasteiger partial charge in [-0.1, -0.05) is 29.8 Å². The summed E-state index contributed by atoms with van der Waals surface area (Å²) in [4.78, 5) is 28.1. The number of carbonyl (C=O) groups excluding carboxylic acids is 1. The van der Waals surface area contributed by atoms with Crippen LogP contribution in [0.3, 0.4) is 0 Å². The van der Waals surface area contributed by atoms with Crippen molar-refractivity contribution >= 4 is 11.9 Å². The Morgan fingerprint density at radius 3 is 2.37 bits per heavy atom. The Hall–Kier alpha value is -2.47. The van der Waals surface area contributed by atoms with E-state index in [1.807, 2.05) is 6.07 Å². The minimum absolute atomic E-state index is 0.252. The third kappa shape index (κ3) is 4.63. The van der Waals surface area contributed by atoms with Gasteiger partial charge in [0.05, 0.1) is 6.54 Å². The number of hydrogen-bond donors (Lipinski definition) is 0. The van der Waals surface area contributed by atoms with Crippen molar-refractivity contribution in [1.29, 1.82) is 0 Å². The van der Waals surface area contributed by atoms with Crippen molar-refractivity contribution in [3.8, 4) is 0 Å². The van der Waals surface area contributed by atoms with Gasteiger partial charge in [-0.15, -0.1) is 0 Å². The summed E-state index contributed by atoms with van der Waals surface area (Å²) in [5.41, 5.74) is 2.47. The third-order valence-corrected chi connectivity index (χ3v) is 5.35. The second kappa shape index (κ2) is 8.05. The lowest BCUT2D eigenvalue weighted by Gasteiger charge is -2.35. The van der Waals surface area contributed by atoms with Crippen LogP contribution in [-0.2, 0) is 11.3 Å². The van der Waals surface area contributed by atoms with Crippen LogP contribution in [0.15, 0.2) is 42.7 Å². The first-order valence-electron chi connectivity index (χ1n) is 9.78. The van der Waals surface area contributed by atoms with E-state index in [9.17, 15) is 4.79 Å². The zero-order chi connectivity index (χ0) is 18.6. The van der Waals surface area contributed by atoms with E-state index in [1.165, 1.54) is 11.1 Å². The molecule has 1 aromatic carbocycles. The number of amides is 1. The number of hydrogen-bond acceptors (Lipinski definition) is 5. The average molecular weight is 365 g/mol. The van der Waals surface area contributed by atoms with Crippen molar-refractivity contribution in [2.75, 3.05) is 37.6 Å². The summed E-state index contributed by atoms with van der Waals surface area (Å²) in [7, 11) is 0. The molecule has 4 rings (SSSR count). The molecule has 142 valence electrons. The quantitative estimate of drug-likeness (QED) is 0.785. The van der Waals surface area contributed by atoms with Gasteiger partial charge in [-0.05, 0) is 31.4 Å². The van der Waals surface area contributed by atoms with Crippen LogP contribution >= 0.6 is 0 Å². The van der Waals surface area contributed by atoms with Gasteiger partial charge in [-0.2, -0.15) is 0 Å². The summed E-state index contributed by atoms with van der Waals surface area (Å²) in [6, 6.07) is 10.8. The maximum absolute atomic E-state index is 13.0. The summed E-state index contributed by atoms with van der Waals surface area (Å²) in [6.45, 7) is 6.78. The maximum Gasteiger partial charge on any atom is 0.237 e. The normalized spacial score (nSPS) is 17.7. The molecule has 0 radical (unpaired) electrons. The molecule has 6 nitrogen and oxygen atoms in total. The van der Waals surface area contributed by atoms with Crippen molar-refractivity contribution in [2.45, 2.75) is 32.4 Å². The number of piperazine rings is 1. The maximum atomic E-state index is 13.0. The number of aromatic nitrogens is 2. The van der Waals surface area contributed by atoms with Crippen molar-refractivity contribution in [1.82, 2.24) is 19.8 Å². The summed E-state index contributed by atoms with van der Waals surface area (Å²) < 4.78 is 0. The van der Waals surface area contributed by atoms with Gasteiger partial charge in [-0.3, -0.25) is 9.69 Å². The Kier molecular flexibility index (Phi) is 5.34. The largest absolute Gasteiger partial charge is 0.338 e. The lowest BCUT2D eigenvalue weighted by atomic mass is 10.1. The van der Waals surface area contributed by atoms with E-state index in [0.717, 1.165) is 51.5 Å². The third-order valence-electron chi connectivity index (χ3n) is 5.35. The van der Waals surface area contributed by atoms with Crippen LogP contribution in [0.5, 0.6) is 0 Å². The van der Waals surface area contributed by atoms with Crippen molar-refractivity contribution < 1.29 is 4.79 Å². The van der Waals surface area contributed by atoms with Crippen LogP contribution in [0.1, 0.15) is 24.0 Å². The molecule has 2 aromatic rings. The Morgan fingerprint density at radius 2 is 1.74 bits per heavy atom. The molecule has 0 N–H and O–H groups in total. The molecule has 1 saturated heterocycles. The van der Waals surface area contributed by atoms with E-state index in [-0.39, 0.29) is 5.91 Å². The molecule has 0 unspecified atom stereocenters. The van der Waals surface area contributed by atoms with Crippen molar-refractivity contribution in [3.63, 3.8) is 0 Å². The summed E-state index contributed by atoms with van der Waals surface area (Å²) in [5, 5.41) is 0. The highest BCUT2D eigenvalue weighted by Crippen LogP contribution is 2.28. The molecule has 27 heavy (non-hydrogen) atoms. The van der Waals surface area contributed by atoms with Crippen molar-refractivity contribution in [3.05, 3.63) is 53.9 Å². The van der Waals surface area contributed by atoms with Crippen LogP contribution < -0.4 is 4.90 Å². The molecule has 1 amide bonds. The smallest absolute Gasteiger partial charge is 0.237 e. The van der Waals surface area contributed by atoms with Gasteiger partial charge >= 0.3 is 0 Å². The van der Waals surface area contributed by atoms with E-state index in [4.69, 9.17) is 0 Å². The Labute approximate surface area is 160 Å². The van der Waals surface area contributed by atoms with Gasteiger partial charge in [0, 0.05) is 51.2 Å². The van der Waals surface area contributed by atoms with Gasteiger partial charge in [0.25, 0.3) is 0 Å². The van der Waals surface area contributed by atoms with E-state index in [0.29, 0.717) is 12.6 Å². The number of benzene rings is 1. The van der Waals surface area contributed by atoms with E-state index >= 15 is 0 Å². The lowest BCUT2D eigenvalue weighted by molar-refractivity contribution is -0.133. The molecule has 1 aliphatic carbocycles. The predicted molar refractivity (Wildman–Crippen MR) is 105 cm³/mol. The second-order valence-electron chi connectivity index (χ2n) is 7.55. The number of rotatable bonds is 6. The van der Waals surface area contributed by atoms with Gasteiger partial charge in [-0.25, -0.2) is 9.97 Å². The zero-order valence-electron chi connectivity index (χ0n) is 15.9. The molecule has 1 aromatic heterocycles. The monoisotopic (exact) mass is 365 g/mol.